The molecule has 5 heteroatoms. The molecule has 0 aliphatic heterocycles. The average molecular weight is 252 g/mol. The second-order valence-electron chi connectivity index (χ2n) is 5.16. The van der Waals surface area contributed by atoms with Gasteiger partial charge in [-0.2, -0.15) is 0 Å². The molecule has 1 aliphatic carbocycles. The van der Waals surface area contributed by atoms with Crippen molar-refractivity contribution >= 4 is 5.91 Å². The first-order chi connectivity index (χ1) is 8.49. The minimum Gasteiger partial charge on any atom is -0.391 e. The number of hydrogen-bond acceptors (Lipinski definition) is 4. The summed E-state index contributed by atoms with van der Waals surface area (Å²) in [5.41, 5.74) is 1.62. The Balaban J connectivity index is 1.90. The van der Waals surface area contributed by atoms with Gasteiger partial charge in [0.05, 0.1) is 18.2 Å². The molecule has 1 unspecified atom stereocenters. The lowest BCUT2D eigenvalue weighted by Gasteiger charge is -2.20. The van der Waals surface area contributed by atoms with Crippen molar-refractivity contribution < 1.29 is 14.4 Å². The Hall–Kier alpha value is -1.36. The SMILES string of the molecule is Cc1noc(C)c1CC(=O)N(C)CC(O)C1CC1. The molecule has 0 radical (unpaired) electrons. The number of carbonyl (C=O) groups is 1. The van der Waals surface area contributed by atoms with E-state index in [0.29, 0.717) is 18.2 Å². The molecule has 0 saturated heterocycles. The number of aromatic nitrogens is 1. The molecule has 1 N–H and O–H groups in total. The number of amides is 1. The quantitative estimate of drug-likeness (QED) is 0.851. The molecule has 1 aromatic heterocycles. The van der Waals surface area contributed by atoms with Gasteiger partial charge in [0.25, 0.3) is 0 Å². The van der Waals surface area contributed by atoms with Gasteiger partial charge < -0.3 is 14.5 Å². The van der Waals surface area contributed by atoms with Gasteiger partial charge in [0.1, 0.15) is 5.76 Å². The zero-order valence-corrected chi connectivity index (χ0v) is 11.1. The van der Waals surface area contributed by atoms with Crippen LogP contribution < -0.4 is 0 Å². The Morgan fingerprint density at radius 1 is 1.56 bits per heavy atom. The fourth-order valence-electron chi connectivity index (χ4n) is 2.05. The van der Waals surface area contributed by atoms with Gasteiger partial charge in [-0.05, 0) is 32.6 Å². The smallest absolute Gasteiger partial charge is 0.227 e. The molecule has 1 aromatic rings. The third-order valence-corrected chi connectivity index (χ3v) is 3.56. The van der Waals surface area contributed by atoms with E-state index in [0.717, 1.165) is 24.1 Å². The molecule has 5 nitrogen and oxygen atoms in total. The van der Waals surface area contributed by atoms with Crippen LogP contribution in [0, 0.1) is 19.8 Å². The minimum atomic E-state index is -0.386. The zero-order chi connectivity index (χ0) is 13.3. The predicted octanol–water partition coefficient (Wildman–Crippen LogP) is 1.06. The fourth-order valence-corrected chi connectivity index (χ4v) is 2.05. The van der Waals surface area contributed by atoms with Crippen molar-refractivity contribution in [2.24, 2.45) is 5.92 Å². The number of hydrogen-bond donors (Lipinski definition) is 1. The standard InChI is InChI=1S/C13H20N2O3/c1-8-11(9(2)18-14-8)6-13(17)15(3)7-12(16)10-4-5-10/h10,12,16H,4-7H2,1-3H3. The second-order valence-corrected chi connectivity index (χ2v) is 5.16. The molecular formula is C13H20N2O3. The van der Waals surface area contributed by atoms with Crippen LogP contribution in [0.5, 0.6) is 0 Å². The number of likely N-dealkylation sites (N-methyl/N-ethyl adjacent to an activating group) is 1. The summed E-state index contributed by atoms with van der Waals surface area (Å²) in [5.74, 6) is 1.07. The van der Waals surface area contributed by atoms with E-state index in [9.17, 15) is 9.90 Å². The summed E-state index contributed by atoms with van der Waals surface area (Å²) in [6.45, 7) is 4.05. The highest BCUT2D eigenvalue weighted by Gasteiger charge is 2.31. The Morgan fingerprint density at radius 2 is 2.22 bits per heavy atom. The lowest BCUT2D eigenvalue weighted by Crippen LogP contribution is -2.36. The summed E-state index contributed by atoms with van der Waals surface area (Å²) in [6.07, 6.45) is 2.05. The predicted molar refractivity (Wildman–Crippen MR) is 66.0 cm³/mol. The molecule has 0 spiro atoms. The monoisotopic (exact) mass is 252 g/mol. The summed E-state index contributed by atoms with van der Waals surface area (Å²) >= 11 is 0. The molecular weight excluding hydrogens is 232 g/mol. The molecule has 1 amide bonds. The molecule has 0 bridgehead atoms. The van der Waals surface area contributed by atoms with Crippen LogP contribution in [-0.2, 0) is 11.2 Å². The van der Waals surface area contributed by atoms with Gasteiger partial charge in [-0.15, -0.1) is 0 Å². The summed E-state index contributed by atoms with van der Waals surface area (Å²) in [7, 11) is 1.73. The molecule has 1 saturated carbocycles. The van der Waals surface area contributed by atoms with E-state index < -0.39 is 0 Å². The van der Waals surface area contributed by atoms with E-state index in [2.05, 4.69) is 5.16 Å². The number of aryl methyl sites for hydroxylation is 2. The maximum atomic E-state index is 12.0. The van der Waals surface area contributed by atoms with Crippen molar-refractivity contribution in [1.29, 1.82) is 0 Å². The molecule has 100 valence electrons. The summed E-state index contributed by atoms with van der Waals surface area (Å²) in [6, 6.07) is 0. The maximum absolute atomic E-state index is 12.0. The maximum Gasteiger partial charge on any atom is 0.227 e. The van der Waals surface area contributed by atoms with E-state index in [1.54, 1.807) is 11.9 Å². The highest BCUT2D eigenvalue weighted by atomic mass is 16.5. The van der Waals surface area contributed by atoms with Crippen LogP contribution in [0.3, 0.4) is 0 Å². The lowest BCUT2D eigenvalue weighted by atomic mass is 10.1. The van der Waals surface area contributed by atoms with Gasteiger partial charge in [0.2, 0.25) is 5.91 Å². The number of rotatable bonds is 5. The molecule has 1 heterocycles. The molecule has 1 atom stereocenters. The fraction of sp³-hybridized carbons (Fsp3) is 0.692. The first-order valence-corrected chi connectivity index (χ1v) is 6.32. The van der Waals surface area contributed by atoms with Crippen LogP contribution in [0.25, 0.3) is 0 Å². The minimum absolute atomic E-state index is 0.0101. The van der Waals surface area contributed by atoms with Gasteiger partial charge in [-0.1, -0.05) is 5.16 Å². The second kappa shape index (κ2) is 5.10. The molecule has 18 heavy (non-hydrogen) atoms. The topological polar surface area (TPSA) is 66.6 Å². The van der Waals surface area contributed by atoms with Crippen LogP contribution in [0.4, 0.5) is 0 Å². The van der Waals surface area contributed by atoms with Gasteiger partial charge in [-0.3, -0.25) is 4.79 Å². The van der Waals surface area contributed by atoms with Crippen molar-refractivity contribution in [1.82, 2.24) is 10.1 Å². The lowest BCUT2D eigenvalue weighted by molar-refractivity contribution is -0.130. The van der Waals surface area contributed by atoms with Crippen LogP contribution in [0.2, 0.25) is 0 Å². The molecule has 2 rings (SSSR count). The van der Waals surface area contributed by atoms with Gasteiger partial charge >= 0.3 is 0 Å². The van der Waals surface area contributed by atoms with Crippen molar-refractivity contribution in [2.45, 2.75) is 39.2 Å². The Bertz CT molecular complexity index is 418. The summed E-state index contributed by atoms with van der Waals surface area (Å²) in [4.78, 5) is 13.6. The Labute approximate surface area is 107 Å². The van der Waals surface area contributed by atoms with Crippen LogP contribution in [0.1, 0.15) is 29.9 Å². The molecule has 0 aromatic carbocycles. The first-order valence-electron chi connectivity index (χ1n) is 6.32. The third-order valence-electron chi connectivity index (χ3n) is 3.56. The van der Waals surface area contributed by atoms with Crippen molar-refractivity contribution in [2.75, 3.05) is 13.6 Å². The van der Waals surface area contributed by atoms with E-state index in [4.69, 9.17) is 4.52 Å². The van der Waals surface area contributed by atoms with Gasteiger partial charge in [0, 0.05) is 19.2 Å². The van der Waals surface area contributed by atoms with E-state index in [1.807, 2.05) is 13.8 Å². The Morgan fingerprint density at radius 3 is 2.72 bits per heavy atom. The van der Waals surface area contributed by atoms with Crippen LogP contribution >= 0.6 is 0 Å². The summed E-state index contributed by atoms with van der Waals surface area (Å²) in [5, 5.41) is 13.7. The van der Waals surface area contributed by atoms with Crippen LogP contribution in [-0.4, -0.2) is 40.8 Å². The zero-order valence-electron chi connectivity index (χ0n) is 11.1. The average Bonchev–Trinajstić information content (AvgIpc) is 3.11. The number of aliphatic hydroxyl groups excluding tert-OH is 1. The van der Waals surface area contributed by atoms with E-state index in [-0.39, 0.29) is 18.4 Å². The molecule has 1 aliphatic rings. The van der Waals surface area contributed by atoms with E-state index >= 15 is 0 Å². The normalized spacial score (nSPS) is 16.7. The van der Waals surface area contributed by atoms with Crippen molar-refractivity contribution in [3.63, 3.8) is 0 Å². The van der Waals surface area contributed by atoms with Crippen molar-refractivity contribution in [3.05, 3.63) is 17.0 Å². The highest BCUT2D eigenvalue weighted by Crippen LogP contribution is 2.32. The van der Waals surface area contributed by atoms with Crippen molar-refractivity contribution in [3.8, 4) is 0 Å². The highest BCUT2D eigenvalue weighted by molar-refractivity contribution is 5.79. The van der Waals surface area contributed by atoms with Gasteiger partial charge in [0.15, 0.2) is 0 Å². The number of carbonyl (C=O) groups excluding carboxylic acids is 1. The van der Waals surface area contributed by atoms with Gasteiger partial charge in [-0.25, -0.2) is 0 Å². The first kappa shape index (κ1) is 13.1. The third kappa shape index (κ3) is 2.90. The number of aliphatic hydroxyl groups is 1. The Kier molecular flexibility index (Phi) is 3.71. The molecule has 1 fully saturated rings. The van der Waals surface area contributed by atoms with E-state index in [1.165, 1.54) is 0 Å². The number of nitrogens with zero attached hydrogens (tertiary/aromatic N) is 2. The van der Waals surface area contributed by atoms with Crippen LogP contribution in [0.15, 0.2) is 4.52 Å². The largest absolute Gasteiger partial charge is 0.391 e. The summed E-state index contributed by atoms with van der Waals surface area (Å²) < 4.78 is 5.04.